The molecule has 1 aromatic rings. The SMILES string of the molecule is CCN(CC)C(N)=NCc1ccc(N(C)C2CCCCC2)cc1.I. The third-order valence-electron chi connectivity index (χ3n) is 4.98. The number of aliphatic imine (C=N–C) groups is 1. The zero-order chi connectivity index (χ0) is 16.7. The van der Waals surface area contributed by atoms with Gasteiger partial charge in [0, 0.05) is 31.9 Å². The second kappa shape index (κ2) is 10.8. The van der Waals surface area contributed by atoms with Crippen LogP contribution in [0.25, 0.3) is 0 Å². The molecule has 24 heavy (non-hydrogen) atoms. The van der Waals surface area contributed by atoms with Gasteiger partial charge in [0.2, 0.25) is 0 Å². The largest absolute Gasteiger partial charge is 0.372 e. The lowest BCUT2D eigenvalue weighted by Crippen LogP contribution is -2.37. The summed E-state index contributed by atoms with van der Waals surface area (Å²) >= 11 is 0. The molecule has 1 fully saturated rings. The summed E-state index contributed by atoms with van der Waals surface area (Å²) in [4.78, 5) is 9.02. The van der Waals surface area contributed by atoms with Crippen LogP contribution in [-0.2, 0) is 6.54 Å². The molecule has 1 aliphatic carbocycles. The quantitative estimate of drug-likeness (QED) is 0.406. The number of nitrogens with zero attached hydrogens (tertiary/aromatic N) is 3. The van der Waals surface area contributed by atoms with E-state index in [1.807, 2.05) is 0 Å². The van der Waals surface area contributed by atoms with Crippen molar-refractivity contribution >= 4 is 35.6 Å². The van der Waals surface area contributed by atoms with E-state index in [0.29, 0.717) is 18.5 Å². The molecular weight excluding hydrogens is 411 g/mol. The highest BCUT2D eigenvalue weighted by Gasteiger charge is 2.18. The lowest BCUT2D eigenvalue weighted by atomic mass is 9.94. The summed E-state index contributed by atoms with van der Waals surface area (Å²) in [6.45, 7) is 6.65. The van der Waals surface area contributed by atoms with E-state index in [0.717, 1.165) is 13.1 Å². The third kappa shape index (κ3) is 5.83. The second-order valence-corrected chi connectivity index (χ2v) is 6.42. The van der Waals surface area contributed by atoms with Crippen molar-refractivity contribution in [3.05, 3.63) is 29.8 Å². The molecule has 136 valence electrons. The molecule has 0 unspecified atom stereocenters. The summed E-state index contributed by atoms with van der Waals surface area (Å²) in [6, 6.07) is 9.48. The fourth-order valence-corrected chi connectivity index (χ4v) is 3.34. The summed E-state index contributed by atoms with van der Waals surface area (Å²) < 4.78 is 0. The fourth-order valence-electron chi connectivity index (χ4n) is 3.34. The van der Waals surface area contributed by atoms with Crippen molar-refractivity contribution in [1.29, 1.82) is 0 Å². The average Bonchev–Trinajstić information content (AvgIpc) is 2.61. The normalized spacial score (nSPS) is 15.7. The lowest BCUT2D eigenvalue weighted by Gasteiger charge is -2.33. The molecule has 0 amide bonds. The number of guanidine groups is 1. The maximum absolute atomic E-state index is 6.03. The van der Waals surface area contributed by atoms with Gasteiger partial charge in [-0.3, -0.25) is 0 Å². The number of halogens is 1. The molecule has 0 spiro atoms. The van der Waals surface area contributed by atoms with E-state index >= 15 is 0 Å². The number of hydrogen-bond donors (Lipinski definition) is 1. The molecule has 0 aliphatic heterocycles. The van der Waals surface area contributed by atoms with Gasteiger partial charge in [0.1, 0.15) is 0 Å². The van der Waals surface area contributed by atoms with Crippen LogP contribution in [0.1, 0.15) is 51.5 Å². The molecule has 4 nitrogen and oxygen atoms in total. The van der Waals surface area contributed by atoms with Crippen molar-refractivity contribution in [3.63, 3.8) is 0 Å². The smallest absolute Gasteiger partial charge is 0.191 e. The Morgan fingerprint density at radius 1 is 1.08 bits per heavy atom. The van der Waals surface area contributed by atoms with Crippen LogP contribution in [0.4, 0.5) is 5.69 Å². The molecular formula is C19H33IN4. The number of anilines is 1. The summed E-state index contributed by atoms with van der Waals surface area (Å²) in [5, 5.41) is 0. The molecule has 0 bridgehead atoms. The van der Waals surface area contributed by atoms with Gasteiger partial charge >= 0.3 is 0 Å². The van der Waals surface area contributed by atoms with Crippen LogP contribution in [-0.4, -0.2) is 37.0 Å². The fraction of sp³-hybridized carbons (Fsp3) is 0.632. The van der Waals surface area contributed by atoms with Crippen molar-refractivity contribution in [1.82, 2.24) is 4.90 Å². The number of benzene rings is 1. The summed E-state index contributed by atoms with van der Waals surface area (Å²) in [5.41, 5.74) is 8.55. The second-order valence-electron chi connectivity index (χ2n) is 6.42. The Labute approximate surface area is 164 Å². The molecule has 0 saturated heterocycles. The molecule has 1 aliphatic rings. The van der Waals surface area contributed by atoms with Crippen molar-refractivity contribution in [3.8, 4) is 0 Å². The molecule has 0 aromatic heterocycles. The topological polar surface area (TPSA) is 44.9 Å². The minimum Gasteiger partial charge on any atom is -0.372 e. The lowest BCUT2D eigenvalue weighted by molar-refractivity contribution is 0.427. The van der Waals surface area contributed by atoms with Gasteiger partial charge in [-0.25, -0.2) is 4.99 Å². The van der Waals surface area contributed by atoms with E-state index in [1.54, 1.807) is 0 Å². The highest BCUT2D eigenvalue weighted by Crippen LogP contribution is 2.26. The highest BCUT2D eigenvalue weighted by atomic mass is 127. The van der Waals surface area contributed by atoms with Crippen molar-refractivity contribution in [2.24, 2.45) is 10.7 Å². The van der Waals surface area contributed by atoms with E-state index in [1.165, 1.54) is 43.4 Å². The van der Waals surface area contributed by atoms with Gasteiger partial charge in [0.05, 0.1) is 6.54 Å². The Hall–Kier alpha value is -0.980. The van der Waals surface area contributed by atoms with E-state index in [-0.39, 0.29) is 24.0 Å². The van der Waals surface area contributed by atoms with E-state index < -0.39 is 0 Å². The minimum absolute atomic E-state index is 0. The predicted molar refractivity (Wildman–Crippen MR) is 115 cm³/mol. The maximum atomic E-state index is 6.03. The van der Waals surface area contributed by atoms with Crippen LogP contribution >= 0.6 is 24.0 Å². The van der Waals surface area contributed by atoms with Gasteiger partial charge in [0.15, 0.2) is 5.96 Å². The van der Waals surface area contributed by atoms with Gasteiger partial charge in [0.25, 0.3) is 0 Å². The van der Waals surface area contributed by atoms with Gasteiger partial charge in [-0.1, -0.05) is 31.4 Å². The first-order valence-corrected chi connectivity index (χ1v) is 9.02. The van der Waals surface area contributed by atoms with Crippen LogP contribution in [0.3, 0.4) is 0 Å². The Morgan fingerprint density at radius 3 is 2.21 bits per heavy atom. The molecule has 0 heterocycles. The van der Waals surface area contributed by atoms with E-state index in [9.17, 15) is 0 Å². The molecule has 1 aromatic carbocycles. The van der Waals surface area contributed by atoms with Gasteiger partial charge in [-0.05, 0) is 44.4 Å². The van der Waals surface area contributed by atoms with Crippen LogP contribution < -0.4 is 10.6 Å². The summed E-state index contributed by atoms with van der Waals surface area (Å²) in [7, 11) is 2.22. The Kier molecular flexibility index (Phi) is 9.48. The molecule has 0 radical (unpaired) electrons. The first-order valence-electron chi connectivity index (χ1n) is 9.02. The van der Waals surface area contributed by atoms with E-state index in [4.69, 9.17) is 5.73 Å². The third-order valence-corrected chi connectivity index (χ3v) is 4.98. The number of rotatable bonds is 6. The predicted octanol–water partition coefficient (Wildman–Crippen LogP) is 4.23. The van der Waals surface area contributed by atoms with Crippen LogP contribution in [0.5, 0.6) is 0 Å². The van der Waals surface area contributed by atoms with Crippen molar-refractivity contribution < 1.29 is 0 Å². The molecule has 2 rings (SSSR count). The average molecular weight is 444 g/mol. The van der Waals surface area contributed by atoms with Gasteiger partial charge in [-0.2, -0.15) is 0 Å². The van der Waals surface area contributed by atoms with Crippen LogP contribution in [0.2, 0.25) is 0 Å². The van der Waals surface area contributed by atoms with E-state index in [2.05, 4.69) is 60.0 Å². The summed E-state index contributed by atoms with van der Waals surface area (Å²) in [5.74, 6) is 0.637. The van der Waals surface area contributed by atoms with Crippen LogP contribution in [0, 0.1) is 0 Å². The Morgan fingerprint density at radius 2 is 1.67 bits per heavy atom. The first-order chi connectivity index (χ1) is 11.2. The zero-order valence-electron chi connectivity index (χ0n) is 15.4. The molecule has 0 atom stereocenters. The van der Waals surface area contributed by atoms with Gasteiger partial charge < -0.3 is 15.5 Å². The molecule has 5 heteroatoms. The zero-order valence-corrected chi connectivity index (χ0v) is 17.7. The Balaban J connectivity index is 0.00000288. The van der Waals surface area contributed by atoms with Crippen molar-refractivity contribution in [2.75, 3.05) is 25.0 Å². The monoisotopic (exact) mass is 444 g/mol. The van der Waals surface area contributed by atoms with Crippen LogP contribution in [0.15, 0.2) is 29.3 Å². The maximum Gasteiger partial charge on any atom is 0.191 e. The minimum atomic E-state index is 0. The molecule has 2 N–H and O–H groups in total. The standard InChI is InChI=1S/C19H32N4.HI/c1-4-23(5-2)19(20)21-15-16-11-13-18(14-12-16)22(3)17-9-7-6-8-10-17;/h11-14,17H,4-10,15H2,1-3H3,(H2,20,21);1H. The number of hydrogen-bond acceptors (Lipinski definition) is 2. The Bertz CT molecular complexity index is 491. The van der Waals surface area contributed by atoms with Crippen molar-refractivity contribution in [2.45, 2.75) is 58.5 Å². The molecule has 1 saturated carbocycles. The highest BCUT2D eigenvalue weighted by molar-refractivity contribution is 14.0. The summed E-state index contributed by atoms with van der Waals surface area (Å²) in [6.07, 6.45) is 6.78. The van der Waals surface area contributed by atoms with Gasteiger partial charge in [-0.15, -0.1) is 24.0 Å². The number of nitrogens with two attached hydrogens (primary N) is 1. The first kappa shape index (κ1) is 21.1.